The predicted molar refractivity (Wildman–Crippen MR) is 84.1 cm³/mol. The zero-order valence-electron chi connectivity index (χ0n) is 10.9. The Morgan fingerprint density at radius 1 is 1.25 bits per heavy atom. The van der Waals surface area contributed by atoms with Crippen molar-refractivity contribution in [1.82, 2.24) is 5.16 Å². The van der Waals surface area contributed by atoms with E-state index in [1.807, 2.05) is 24.3 Å². The van der Waals surface area contributed by atoms with E-state index in [2.05, 4.69) is 23.5 Å². The molecule has 0 fully saturated rings. The number of hydrogen-bond acceptors (Lipinski definition) is 4. The van der Waals surface area contributed by atoms with Crippen LogP contribution in [-0.2, 0) is 6.42 Å². The molecule has 2 N–H and O–H groups in total. The summed E-state index contributed by atoms with van der Waals surface area (Å²) in [7, 11) is 0. The van der Waals surface area contributed by atoms with Gasteiger partial charge in [0.1, 0.15) is 0 Å². The topological polar surface area (TPSA) is 52.0 Å². The molecule has 5 heteroatoms. The van der Waals surface area contributed by atoms with Gasteiger partial charge in [0, 0.05) is 5.02 Å². The van der Waals surface area contributed by atoms with Crippen molar-refractivity contribution in [3.63, 3.8) is 0 Å². The van der Waals surface area contributed by atoms with E-state index in [1.54, 1.807) is 11.3 Å². The summed E-state index contributed by atoms with van der Waals surface area (Å²) in [5.41, 5.74) is 9.00. The van der Waals surface area contributed by atoms with Gasteiger partial charge in [0.25, 0.3) is 0 Å². The number of aromatic nitrogens is 1. The van der Waals surface area contributed by atoms with Gasteiger partial charge in [-0.2, -0.15) is 0 Å². The number of nitrogens with two attached hydrogens (primary N) is 1. The van der Waals surface area contributed by atoms with Crippen LogP contribution >= 0.6 is 22.9 Å². The Morgan fingerprint density at radius 3 is 2.70 bits per heavy atom. The van der Waals surface area contributed by atoms with Gasteiger partial charge in [0.05, 0.1) is 10.4 Å². The standard InChI is InChI=1S/C15H13ClN2OS/c1-2-9-7-8-20-14(9)13-12(15(17)18-19-13)10-3-5-11(16)6-4-10/h3-8H,2H2,1H3,(H2,17,18). The molecular formula is C15H13ClN2OS. The molecule has 0 radical (unpaired) electrons. The van der Waals surface area contributed by atoms with E-state index < -0.39 is 0 Å². The lowest BCUT2D eigenvalue weighted by atomic mass is 10.0. The molecule has 0 atom stereocenters. The predicted octanol–water partition coefficient (Wildman–Crippen LogP) is 4.87. The Labute approximate surface area is 126 Å². The molecule has 3 aromatic rings. The highest BCUT2D eigenvalue weighted by Gasteiger charge is 2.20. The average molecular weight is 305 g/mol. The van der Waals surface area contributed by atoms with Crippen molar-refractivity contribution in [1.29, 1.82) is 0 Å². The van der Waals surface area contributed by atoms with Gasteiger partial charge >= 0.3 is 0 Å². The van der Waals surface area contributed by atoms with Gasteiger partial charge < -0.3 is 10.3 Å². The van der Waals surface area contributed by atoms with Gasteiger partial charge in [-0.05, 0) is 41.1 Å². The van der Waals surface area contributed by atoms with E-state index in [4.69, 9.17) is 21.9 Å². The normalized spacial score (nSPS) is 10.9. The van der Waals surface area contributed by atoms with Crippen LogP contribution in [0.1, 0.15) is 12.5 Å². The maximum Gasteiger partial charge on any atom is 0.187 e. The molecule has 3 nitrogen and oxygen atoms in total. The first-order valence-corrected chi connectivity index (χ1v) is 7.54. The fourth-order valence-electron chi connectivity index (χ4n) is 2.17. The van der Waals surface area contributed by atoms with Crippen LogP contribution in [-0.4, -0.2) is 5.16 Å². The molecule has 2 heterocycles. The van der Waals surface area contributed by atoms with Crippen LogP contribution in [0.3, 0.4) is 0 Å². The molecule has 0 aliphatic carbocycles. The fraction of sp³-hybridized carbons (Fsp3) is 0.133. The molecule has 0 bridgehead atoms. The fourth-order valence-corrected chi connectivity index (χ4v) is 3.27. The molecular weight excluding hydrogens is 292 g/mol. The summed E-state index contributed by atoms with van der Waals surface area (Å²) in [6.45, 7) is 2.12. The lowest BCUT2D eigenvalue weighted by molar-refractivity contribution is 0.436. The molecule has 0 amide bonds. The van der Waals surface area contributed by atoms with Crippen molar-refractivity contribution in [3.05, 3.63) is 46.3 Å². The highest BCUT2D eigenvalue weighted by molar-refractivity contribution is 7.13. The first-order chi connectivity index (χ1) is 9.70. The third-order valence-electron chi connectivity index (χ3n) is 3.19. The molecule has 3 rings (SSSR count). The first-order valence-electron chi connectivity index (χ1n) is 6.28. The van der Waals surface area contributed by atoms with Gasteiger partial charge in [0.15, 0.2) is 11.6 Å². The smallest absolute Gasteiger partial charge is 0.187 e. The molecule has 0 aliphatic heterocycles. The van der Waals surface area contributed by atoms with Crippen LogP contribution in [0.5, 0.6) is 0 Å². The highest BCUT2D eigenvalue weighted by atomic mass is 35.5. The van der Waals surface area contributed by atoms with Gasteiger partial charge in [-0.3, -0.25) is 0 Å². The Hall–Kier alpha value is -1.78. The second-order valence-electron chi connectivity index (χ2n) is 4.41. The molecule has 20 heavy (non-hydrogen) atoms. The summed E-state index contributed by atoms with van der Waals surface area (Å²) < 4.78 is 5.47. The maximum absolute atomic E-state index is 5.98. The van der Waals surface area contributed by atoms with Crippen molar-refractivity contribution >= 4 is 28.8 Å². The number of anilines is 1. The lowest BCUT2D eigenvalue weighted by Gasteiger charge is -2.03. The summed E-state index contributed by atoms with van der Waals surface area (Å²) >= 11 is 7.57. The Morgan fingerprint density at radius 2 is 2.00 bits per heavy atom. The first kappa shape index (κ1) is 13.2. The third-order valence-corrected chi connectivity index (χ3v) is 4.39. The second-order valence-corrected chi connectivity index (χ2v) is 5.76. The van der Waals surface area contributed by atoms with E-state index in [-0.39, 0.29) is 0 Å². The summed E-state index contributed by atoms with van der Waals surface area (Å²) in [6.07, 6.45) is 0.944. The Balaban J connectivity index is 2.17. The van der Waals surface area contributed by atoms with E-state index >= 15 is 0 Å². The number of hydrogen-bond donors (Lipinski definition) is 1. The third kappa shape index (κ3) is 2.21. The van der Waals surface area contributed by atoms with E-state index in [9.17, 15) is 0 Å². The zero-order valence-corrected chi connectivity index (χ0v) is 12.5. The van der Waals surface area contributed by atoms with Crippen LogP contribution in [0, 0.1) is 0 Å². The van der Waals surface area contributed by atoms with E-state index in [1.165, 1.54) is 5.56 Å². The molecule has 1 aromatic carbocycles. The maximum atomic E-state index is 5.98. The number of rotatable bonds is 3. The number of thiophene rings is 1. The van der Waals surface area contributed by atoms with Gasteiger partial charge in [0.2, 0.25) is 0 Å². The zero-order chi connectivity index (χ0) is 14.1. The van der Waals surface area contributed by atoms with Crippen molar-refractivity contribution in [2.75, 3.05) is 5.73 Å². The molecule has 0 unspecified atom stereocenters. The minimum atomic E-state index is 0.401. The van der Waals surface area contributed by atoms with Crippen molar-refractivity contribution in [2.45, 2.75) is 13.3 Å². The number of nitrogens with zero attached hydrogens (tertiary/aromatic N) is 1. The van der Waals surface area contributed by atoms with Crippen LogP contribution in [0.15, 0.2) is 40.2 Å². The number of benzene rings is 1. The van der Waals surface area contributed by atoms with Crippen molar-refractivity contribution in [2.24, 2.45) is 0 Å². The lowest BCUT2D eigenvalue weighted by Crippen LogP contribution is -1.89. The van der Waals surface area contributed by atoms with E-state index in [0.29, 0.717) is 10.8 Å². The van der Waals surface area contributed by atoms with Crippen LogP contribution in [0.2, 0.25) is 5.02 Å². The molecule has 0 saturated carbocycles. The minimum Gasteiger partial charge on any atom is -0.380 e. The van der Waals surface area contributed by atoms with Crippen LogP contribution < -0.4 is 5.73 Å². The Bertz CT molecular complexity index is 731. The number of halogens is 1. The SMILES string of the molecule is CCc1ccsc1-c1onc(N)c1-c1ccc(Cl)cc1. The van der Waals surface area contributed by atoms with Gasteiger partial charge in [-0.25, -0.2) is 0 Å². The highest BCUT2D eigenvalue weighted by Crippen LogP contribution is 2.40. The molecule has 0 aliphatic rings. The van der Waals surface area contributed by atoms with Crippen LogP contribution in [0.25, 0.3) is 21.8 Å². The average Bonchev–Trinajstić information content (AvgIpc) is 3.05. The summed E-state index contributed by atoms with van der Waals surface area (Å²) in [5, 5.41) is 6.67. The molecule has 2 aromatic heterocycles. The number of aryl methyl sites for hydroxylation is 1. The van der Waals surface area contributed by atoms with Gasteiger partial charge in [-0.15, -0.1) is 11.3 Å². The monoisotopic (exact) mass is 304 g/mol. The van der Waals surface area contributed by atoms with E-state index in [0.717, 1.165) is 28.2 Å². The second kappa shape index (κ2) is 5.31. The summed E-state index contributed by atoms with van der Waals surface area (Å²) in [5.74, 6) is 1.13. The quantitative estimate of drug-likeness (QED) is 0.751. The Kier molecular flexibility index (Phi) is 3.51. The molecule has 0 saturated heterocycles. The minimum absolute atomic E-state index is 0.401. The van der Waals surface area contributed by atoms with Crippen LogP contribution in [0.4, 0.5) is 5.82 Å². The molecule has 102 valence electrons. The number of nitrogen functional groups attached to an aromatic ring is 1. The van der Waals surface area contributed by atoms with Gasteiger partial charge in [-0.1, -0.05) is 35.8 Å². The summed E-state index contributed by atoms with van der Waals surface area (Å²) in [4.78, 5) is 1.08. The summed E-state index contributed by atoms with van der Waals surface area (Å²) in [6, 6.07) is 9.62. The molecule has 0 spiro atoms. The van der Waals surface area contributed by atoms with Crippen molar-refractivity contribution in [3.8, 4) is 21.8 Å². The van der Waals surface area contributed by atoms with Crippen molar-refractivity contribution < 1.29 is 4.52 Å². The largest absolute Gasteiger partial charge is 0.380 e.